The molecule has 1 aromatic heterocycles. The van der Waals surface area contributed by atoms with Crippen LogP contribution >= 0.6 is 11.3 Å². The fourth-order valence-electron chi connectivity index (χ4n) is 1.52. The number of carbonyl (C=O) groups is 3. The van der Waals surface area contributed by atoms with Crippen LogP contribution < -0.4 is 10.6 Å². The highest BCUT2D eigenvalue weighted by molar-refractivity contribution is 7.08. The molecule has 110 valence electrons. The van der Waals surface area contributed by atoms with Gasteiger partial charge in [-0.05, 0) is 18.4 Å². The molecule has 0 saturated heterocycles. The molecule has 0 aliphatic carbocycles. The average Bonchev–Trinajstić information content (AvgIpc) is 2.92. The predicted molar refractivity (Wildman–Crippen MR) is 75.5 cm³/mol. The van der Waals surface area contributed by atoms with Crippen molar-refractivity contribution in [1.29, 1.82) is 0 Å². The molecule has 1 aromatic rings. The van der Waals surface area contributed by atoms with Gasteiger partial charge in [0.1, 0.15) is 0 Å². The number of ether oxygens (including phenoxy) is 1. The van der Waals surface area contributed by atoms with Gasteiger partial charge in [-0.1, -0.05) is 0 Å². The van der Waals surface area contributed by atoms with Crippen molar-refractivity contribution < 1.29 is 19.1 Å². The van der Waals surface area contributed by atoms with Gasteiger partial charge in [0.05, 0.1) is 13.5 Å². The fourth-order valence-corrected chi connectivity index (χ4v) is 2.15. The monoisotopic (exact) mass is 298 g/mol. The maximum Gasteiger partial charge on any atom is 0.307 e. The highest BCUT2D eigenvalue weighted by Crippen LogP contribution is 2.05. The van der Waals surface area contributed by atoms with Gasteiger partial charge in [-0.2, -0.15) is 11.3 Å². The third kappa shape index (κ3) is 5.83. The number of amides is 2. The fraction of sp³-hybridized carbons (Fsp3) is 0.462. The highest BCUT2D eigenvalue weighted by Gasteiger charge is 2.12. The highest BCUT2D eigenvalue weighted by atomic mass is 32.1. The van der Waals surface area contributed by atoms with Gasteiger partial charge in [-0.3, -0.25) is 14.4 Å². The van der Waals surface area contributed by atoms with Gasteiger partial charge in [-0.15, -0.1) is 0 Å². The van der Waals surface area contributed by atoms with Crippen molar-refractivity contribution in [2.24, 2.45) is 0 Å². The molecule has 0 aliphatic heterocycles. The average molecular weight is 298 g/mol. The van der Waals surface area contributed by atoms with E-state index >= 15 is 0 Å². The van der Waals surface area contributed by atoms with Crippen molar-refractivity contribution in [3.63, 3.8) is 0 Å². The molecule has 6 nitrogen and oxygen atoms in total. The molecule has 0 spiro atoms. The molecular weight excluding hydrogens is 280 g/mol. The minimum atomic E-state index is -0.372. The van der Waals surface area contributed by atoms with Crippen molar-refractivity contribution in [3.8, 4) is 0 Å². The lowest BCUT2D eigenvalue weighted by atomic mass is 10.2. The SMILES string of the molecule is COC(=O)CC(C)NC(=O)CCNC(=O)c1ccsc1. The first-order chi connectivity index (χ1) is 9.52. The Morgan fingerprint density at radius 3 is 2.75 bits per heavy atom. The number of hydrogen-bond acceptors (Lipinski definition) is 5. The van der Waals surface area contributed by atoms with E-state index in [9.17, 15) is 14.4 Å². The number of methoxy groups -OCH3 is 1. The van der Waals surface area contributed by atoms with Crippen LogP contribution in [-0.2, 0) is 14.3 Å². The number of esters is 1. The second kappa shape index (κ2) is 8.31. The Bertz CT molecular complexity index is 459. The first-order valence-electron chi connectivity index (χ1n) is 6.19. The summed E-state index contributed by atoms with van der Waals surface area (Å²) >= 11 is 1.44. The lowest BCUT2D eigenvalue weighted by Crippen LogP contribution is -2.36. The summed E-state index contributed by atoms with van der Waals surface area (Å²) in [6.45, 7) is 1.98. The number of thiophene rings is 1. The van der Waals surface area contributed by atoms with Crippen LogP contribution in [0.4, 0.5) is 0 Å². The summed E-state index contributed by atoms with van der Waals surface area (Å²) in [7, 11) is 1.30. The topological polar surface area (TPSA) is 84.5 Å². The van der Waals surface area contributed by atoms with Crippen molar-refractivity contribution in [1.82, 2.24) is 10.6 Å². The van der Waals surface area contributed by atoms with Gasteiger partial charge < -0.3 is 15.4 Å². The Kier molecular flexibility index (Phi) is 6.72. The molecule has 1 rings (SSSR count). The summed E-state index contributed by atoms with van der Waals surface area (Å²) < 4.78 is 4.51. The molecular formula is C13H18N2O4S. The minimum Gasteiger partial charge on any atom is -0.469 e. The Labute approximate surface area is 121 Å². The zero-order chi connectivity index (χ0) is 15.0. The van der Waals surface area contributed by atoms with E-state index < -0.39 is 0 Å². The molecule has 7 heteroatoms. The van der Waals surface area contributed by atoms with Gasteiger partial charge >= 0.3 is 5.97 Å². The predicted octanol–water partition coefficient (Wildman–Crippen LogP) is 0.936. The van der Waals surface area contributed by atoms with E-state index in [1.165, 1.54) is 18.4 Å². The van der Waals surface area contributed by atoms with Crippen LogP contribution in [0, 0.1) is 0 Å². The Balaban J connectivity index is 2.20. The van der Waals surface area contributed by atoms with Crippen LogP contribution in [0.1, 0.15) is 30.1 Å². The third-order valence-corrected chi connectivity index (χ3v) is 3.21. The largest absolute Gasteiger partial charge is 0.469 e. The van der Waals surface area contributed by atoms with Gasteiger partial charge in [0.2, 0.25) is 5.91 Å². The van der Waals surface area contributed by atoms with Crippen LogP contribution in [0.2, 0.25) is 0 Å². The zero-order valence-electron chi connectivity index (χ0n) is 11.5. The summed E-state index contributed by atoms with van der Waals surface area (Å²) in [6, 6.07) is 1.43. The van der Waals surface area contributed by atoms with Gasteiger partial charge in [0.15, 0.2) is 0 Å². The number of carbonyl (C=O) groups excluding carboxylic acids is 3. The maximum atomic E-state index is 11.6. The Morgan fingerprint density at radius 1 is 1.40 bits per heavy atom. The smallest absolute Gasteiger partial charge is 0.307 e. The van der Waals surface area contributed by atoms with Gasteiger partial charge in [-0.25, -0.2) is 0 Å². The first-order valence-corrected chi connectivity index (χ1v) is 7.13. The first kappa shape index (κ1) is 16.2. The van der Waals surface area contributed by atoms with Crippen LogP contribution in [0.25, 0.3) is 0 Å². The van der Waals surface area contributed by atoms with Gasteiger partial charge in [0.25, 0.3) is 5.91 Å². The molecule has 0 fully saturated rings. The Morgan fingerprint density at radius 2 is 2.15 bits per heavy atom. The van der Waals surface area contributed by atoms with E-state index in [0.717, 1.165) is 0 Å². The molecule has 1 atom stereocenters. The number of rotatable bonds is 7. The second-order valence-corrected chi connectivity index (χ2v) is 5.05. The van der Waals surface area contributed by atoms with Crippen molar-refractivity contribution in [2.45, 2.75) is 25.8 Å². The van der Waals surface area contributed by atoms with E-state index in [1.54, 1.807) is 18.4 Å². The summed E-state index contributed by atoms with van der Waals surface area (Å²) in [4.78, 5) is 34.2. The third-order valence-electron chi connectivity index (χ3n) is 2.53. The van der Waals surface area contributed by atoms with Gasteiger partial charge in [0, 0.05) is 30.0 Å². The van der Waals surface area contributed by atoms with Crippen LogP contribution in [-0.4, -0.2) is 37.5 Å². The number of nitrogens with one attached hydrogen (secondary N) is 2. The molecule has 2 amide bonds. The van der Waals surface area contributed by atoms with Crippen LogP contribution in [0.15, 0.2) is 16.8 Å². The van der Waals surface area contributed by atoms with Crippen LogP contribution in [0.3, 0.4) is 0 Å². The molecule has 0 aromatic carbocycles. The van der Waals surface area contributed by atoms with E-state index in [0.29, 0.717) is 5.56 Å². The van der Waals surface area contributed by atoms with E-state index in [1.807, 2.05) is 5.38 Å². The van der Waals surface area contributed by atoms with E-state index in [-0.39, 0.29) is 43.2 Å². The summed E-state index contributed by atoms with van der Waals surface area (Å²) in [5.74, 6) is -0.780. The van der Waals surface area contributed by atoms with Crippen molar-refractivity contribution in [3.05, 3.63) is 22.4 Å². The van der Waals surface area contributed by atoms with Crippen molar-refractivity contribution in [2.75, 3.05) is 13.7 Å². The van der Waals surface area contributed by atoms with Crippen LogP contribution in [0.5, 0.6) is 0 Å². The molecule has 0 aliphatic rings. The molecule has 0 radical (unpaired) electrons. The molecule has 20 heavy (non-hydrogen) atoms. The van der Waals surface area contributed by atoms with E-state index in [4.69, 9.17) is 0 Å². The molecule has 0 bridgehead atoms. The lowest BCUT2D eigenvalue weighted by molar-refractivity contribution is -0.141. The molecule has 1 heterocycles. The summed E-state index contributed by atoms with van der Waals surface area (Å²) in [5.41, 5.74) is 0.592. The quantitative estimate of drug-likeness (QED) is 0.734. The molecule has 2 N–H and O–H groups in total. The summed E-state index contributed by atoms with van der Waals surface area (Å²) in [5, 5.41) is 8.88. The molecule has 0 saturated carbocycles. The lowest BCUT2D eigenvalue weighted by Gasteiger charge is -2.12. The van der Waals surface area contributed by atoms with Crippen molar-refractivity contribution >= 4 is 29.1 Å². The number of hydrogen-bond donors (Lipinski definition) is 2. The zero-order valence-corrected chi connectivity index (χ0v) is 12.3. The van der Waals surface area contributed by atoms with E-state index in [2.05, 4.69) is 15.4 Å². The second-order valence-electron chi connectivity index (χ2n) is 4.27. The molecule has 1 unspecified atom stereocenters. The normalized spacial score (nSPS) is 11.5. The summed E-state index contributed by atoms with van der Waals surface area (Å²) in [6.07, 6.45) is 0.297. The maximum absolute atomic E-state index is 11.6. The minimum absolute atomic E-state index is 0.128. The Hall–Kier alpha value is -1.89. The standard InChI is InChI=1S/C13H18N2O4S/c1-9(7-12(17)19-2)15-11(16)3-5-14-13(18)10-4-6-20-8-10/h4,6,8-9H,3,5,7H2,1-2H3,(H,14,18)(H,15,16).